The Kier molecular flexibility index (Phi) is 2.85. The van der Waals surface area contributed by atoms with E-state index >= 15 is 0 Å². The van der Waals surface area contributed by atoms with Gasteiger partial charge in [-0.1, -0.05) is 22.0 Å². The van der Waals surface area contributed by atoms with Crippen LogP contribution in [-0.4, -0.2) is 6.29 Å². The highest BCUT2D eigenvalue weighted by Crippen LogP contribution is 2.19. The van der Waals surface area contributed by atoms with Crippen molar-refractivity contribution in [3.63, 3.8) is 0 Å². The maximum atomic E-state index is 10.4. The third-order valence-electron chi connectivity index (χ3n) is 1.12. The number of hydrogen-bond donors (Lipinski definition) is 0. The second kappa shape index (κ2) is 3.48. The average Bonchev–Trinajstić information content (AvgIpc) is 1.88. The van der Waals surface area contributed by atoms with Crippen LogP contribution in [-0.2, 0) is 0 Å². The van der Waals surface area contributed by atoms with Crippen LogP contribution in [0, 0.1) is 3.57 Å². The molecule has 0 saturated heterocycles. The minimum absolute atomic E-state index is 0.725. The summed E-state index contributed by atoms with van der Waals surface area (Å²) in [5.41, 5.74) is 0.725. The van der Waals surface area contributed by atoms with Crippen molar-refractivity contribution in [1.82, 2.24) is 0 Å². The molecule has 0 amide bonds. The molecule has 0 aliphatic heterocycles. The van der Waals surface area contributed by atoms with Crippen molar-refractivity contribution in [3.8, 4) is 0 Å². The van der Waals surface area contributed by atoms with Crippen LogP contribution in [0.3, 0.4) is 0 Å². The lowest BCUT2D eigenvalue weighted by Crippen LogP contribution is -1.85. The van der Waals surface area contributed by atoms with Crippen molar-refractivity contribution in [1.29, 1.82) is 0 Å². The molecule has 1 rings (SSSR count). The van der Waals surface area contributed by atoms with Gasteiger partial charge >= 0.3 is 0 Å². The Morgan fingerprint density at radius 1 is 1.50 bits per heavy atom. The highest BCUT2D eigenvalue weighted by Gasteiger charge is 2.00. The highest BCUT2D eigenvalue weighted by molar-refractivity contribution is 14.1. The van der Waals surface area contributed by atoms with Crippen LogP contribution in [0.25, 0.3) is 0 Å². The molecule has 0 bridgehead atoms. The van der Waals surface area contributed by atoms with Crippen molar-refractivity contribution in [3.05, 3.63) is 31.8 Å². The number of aldehydes is 1. The minimum Gasteiger partial charge on any atom is -0.298 e. The molecule has 10 heavy (non-hydrogen) atoms. The number of carbonyl (C=O) groups is 1. The van der Waals surface area contributed by atoms with Gasteiger partial charge in [0, 0.05) is 13.6 Å². The van der Waals surface area contributed by atoms with Crippen LogP contribution in [0.1, 0.15) is 10.4 Å². The van der Waals surface area contributed by atoms with E-state index in [1.807, 2.05) is 18.2 Å². The smallest absolute Gasteiger partial charge is 0.152 e. The molecule has 0 spiro atoms. The number of carbonyl (C=O) groups excluding carboxylic acids is 1. The van der Waals surface area contributed by atoms with E-state index in [-0.39, 0.29) is 0 Å². The molecule has 0 fully saturated rings. The zero-order valence-electron chi connectivity index (χ0n) is 4.97. The Labute approximate surface area is 81.1 Å². The topological polar surface area (TPSA) is 17.1 Å². The molecule has 3 heteroatoms. The van der Waals surface area contributed by atoms with Crippen molar-refractivity contribution < 1.29 is 4.79 Å². The van der Waals surface area contributed by atoms with Gasteiger partial charge in [0.1, 0.15) is 0 Å². The summed E-state index contributed by atoms with van der Waals surface area (Å²) in [7, 11) is 0. The molecule has 0 aliphatic carbocycles. The van der Waals surface area contributed by atoms with Crippen LogP contribution >= 0.6 is 38.5 Å². The summed E-state index contributed by atoms with van der Waals surface area (Å²) < 4.78 is 1.83. The van der Waals surface area contributed by atoms with Gasteiger partial charge in [-0.2, -0.15) is 0 Å². The van der Waals surface area contributed by atoms with Crippen molar-refractivity contribution >= 4 is 44.8 Å². The van der Waals surface area contributed by atoms with Gasteiger partial charge in [0.15, 0.2) is 6.29 Å². The summed E-state index contributed by atoms with van der Waals surface area (Å²) in [6.07, 6.45) is 0.853. The summed E-state index contributed by atoms with van der Waals surface area (Å²) >= 11 is 5.40. The first kappa shape index (κ1) is 8.20. The van der Waals surface area contributed by atoms with E-state index in [0.717, 1.165) is 19.9 Å². The summed E-state index contributed by atoms with van der Waals surface area (Å²) in [6, 6.07) is 5.65. The molecule has 1 aromatic carbocycles. The quantitative estimate of drug-likeness (QED) is 0.576. The Balaban J connectivity index is 3.30. The lowest BCUT2D eigenvalue weighted by Gasteiger charge is -1.96. The van der Waals surface area contributed by atoms with Crippen LogP contribution in [0.2, 0.25) is 0 Å². The zero-order valence-corrected chi connectivity index (χ0v) is 8.72. The second-order valence-corrected chi connectivity index (χ2v) is 3.77. The lowest BCUT2D eigenvalue weighted by atomic mass is 10.2. The number of benzene rings is 1. The fourth-order valence-corrected chi connectivity index (χ4v) is 2.08. The molecule has 1 nitrogen and oxygen atoms in total. The molecule has 0 unspecified atom stereocenters. The fourth-order valence-electron chi connectivity index (χ4n) is 0.623. The van der Waals surface area contributed by atoms with E-state index in [9.17, 15) is 4.79 Å². The Bertz CT molecular complexity index is 240. The second-order valence-electron chi connectivity index (χ2n) is 1.75. The molecule has 1 aromatic rings. The number of hydrogen-bond acceptors (Lipinski definition) is 1. The maximum Gasteiger partial charge on any atom is 0.152 e. The first-order valence-corrected chi connectivity index (χ1v) is 4.52. The summed E-state index contributed by atoms with van der Waals surface area (Å²) in [5, 5.41) is 0. The SMILES string of the molecule is O=Cc1c(Br)cccc1I. The van der Waals surface area contributed by atoms with E-state index in [1.165, 1.54) is 0 Å². The number of rotatable bonds is 1. The molecule has 52 valence electrons. The number of halogens is 2. The predicted molar refractivity (Wildman–Crippen MR) is 52.2 cm³/mol. The van der Waals surface area contributed by atoms with Crippen LogP contribution in [0.5, 0.6) is 0 Å². The molecule has 0 aromatic heterocycles. The normalized spacial score (nSPS) is 9.40. The maximum absolute atomic E-state index is 10.4. The Morgan fingerprint density at radius 2 is 2.20 bits per heavy atom. The van der Waals surface area contributed by atoms with Gasteiger partial charge < -0.3 is 0 Å². The van der Waals surface area contributed by atoms with E-state index < -0.39 is 0 Å². The van der Waals surface area contributed by atoms with Gasteiger partial charge in [-0.25, -0.2) is 0 Å². The standard InChI is InChI=1S/C7H4BrIO/c8-6-2-1-3-7(9)5(6)4-10/h1-4H. The van der Waals surface area contributed by atoms with Crippen LogP contribution < -0.4 is 0 Å². The van der Waals surface area contributed by atoms with E-state index in [2.05, 4.69) is 38.5 Å². The van der Waals surface area contributed by atoms with Gasteiger partial charge in [-0.3, -0.25) is 4.79 Å². The minimum atomic E-state index is 0.725. The van der Waals surface area contributed by atoms with Gasteiger partial charge in [-0.05, 0) is 34.7 Å². The van der Waals surface area contributed by atoms with Gasteiger partial charge in [0.2, 0.25) is 0 Å². The van der Waals surface area contributed by atoms with Gasteiger partial charge in [0.05, 0.1) is 0 Å². The molecule has 0 radical (unpaired) electrons. The fraction of sp³-hybridized carbons (Fsp3) is 0. The molecule has 0 N–H and O–H groups in total. The highest BCUT2D eigenvalue weighted by atomic mass is 127. The van der Waals surface area contributed by atoms with Gasteiger partial charge in [-0.15, -0.1) is 0 Å². The summed E-state index contributed by atoms with van der Waals surface area (Å²) in [6.45, 7) is 0. The third kappa shape index (κ3) is 1.58. The average molecular weight is 311 g/mol. The van der Waals surface area contributed by atoms with Crippen LogP contribution in [0.4, 0.5) is 0 Å². The Morgan fingerprint density at radius 3 is 2.60 bits per heavy atom. The molecule has 0 aliphatic rings. The van der Waals surface area contributed by atoms with E-state index in [4.69, 9.17) is 0 Å². The third-order valence-corrected chi connectivity index (χ3v) is 2.75. The molecule has 0 heterocycles. The van der Waals surface area contributed by atoms with Crippen LogP contribution in [0.15, 0.2) is 22.7 Å². The van der Waals surface area contributed by atoms with E-state index in [0.29, 0.717) is 0 Å². The van der Waals surface area contributed by atoms with Crippen molar-refractivity contribution in [2.75, 3.05) is 0 Å². The molecular formula is C7H4BrIO. The first-order valence-electron chi connectivity index (χ1n) is 2.65. The molecule has 0 saturated carbocycles. The summed E-state index contributed by atoms with van der Waals surface area (Å²) in [4.78, 5) is 10.4. The summed E-state index contributed by atoms with van der Waals surface area (Å²) in [5.74, 6) is 0. The molecule has 0 atom stereocenters. The Hall–Kier alpha value is 0.1000. The predicted octanol–water partition coefficient (Wildman–Crippen LogP) is 2.87. The lowest BCUT2D eigenvalue weighted by molar-refractivity contribution is 0.112. The van der Waals surface area contributed by atoms with Crippen molar-refractivity contribution in [2.45, 2.75) is 0 Å². The molecular weight excluding hydrogens is 307 g/mol. The monoisotopic (exact) mass is 310 g/mol. The largest absolute Gasteiger partial charge is 0.298 e. The van der Waals surface area contributed by atoms with E-state index in [1.54, 1.807) is 0 Å². The zero-order chi connectivity index (χ0) is 7.56. The van der Waals surface area contributed by atoms with Crippen molar-refractivity contribution in [2.24, 2.45) is 0 Å². The van der Waals surface area contributed by atoms with Gasteiger partial charge in [0.25, 0.3) is 0 Å². The first-order chi connectivity index (χ1) is 4.75.